The van der Waals surface area contributed by atoms with Crippen molar-refractivity contribution in [3.8, 4) is 0 Å². The van der Waals surface area contributed by atoms with Crippen LogP contribution in [0, 0.1) is 5.92 Å². The zero-order chi connectivity index (χ0) is 13.9. The summed E-state index contributed by atoms with van der Waals surface area (Å²) in [7, 11) is -3.07. The molecule has 19 heavy (non-hydrogen) atoms. The van der Waals surface area contributed by atoms with Gasteiger partial charge < -0.3 is 5.32 Å². The Morgan fingerprint density at radius 2 is 1.95 bits per heavy atom. The highest BCUT2D eigenvalue weighted by Crippen LogP contribution is 2.19. The van der Waals surface area contributed by atoms with E-state index in [1.807, 2.05) is 12.1 Å². The Bertz CT molecular complexity index is 507. The van der Waals surface area contributed by atoms with Gasteiger partial charge >= 0.3 is 0 Å². The first-order chi connectivity index (χ1) is 8.95. The molecule has 1 aromatic rings. The van der Waals surface area contributed by atoms with E-state index in [1.54, 1.807) is 12.1 Å². The Morgan fingerprint density at radius 3 is 2.53 bits per heavy atom. The van der Waals surface area contributed by atoms with Gasteiger partial charge in [0.25, 0.3) is 0 Å². The SMILES string of the molecule is CC1CCNC(CCc2ccc(S(C)(=O)=O)cc2)C1. The lowest BCUT2D eigenvalue weighted by Gasteiger charge is -2.28. The van der Waals surface area contributed by atoms with E-state index in [-0.39, 0.29) is 0 Å². The first-order valence-electron chi connectivity index (χ1n) is 6.97. The average Bonchev–Trinajstić information content (AvgIpc) is 2.36. The second-order valence-corrected chi connectivity index (χ2v) is 7.75. The van der Waals surface area contributed by atoms with E-state index in [0.717, 1.165) is 25.3 Å². The van der Waals surface area contributed by atoms with Crippen LogP contribution in [0.3, 0.4) is 0 Å². The first kappa shape index (κ1) is 14.5. The summed E-state index contributed by atoms with van der Waals surface area (Å²) in [4.78, 5) is 0.403. The molecule has 1 N–H and O–H groups in total. The molecule has 2 unspecified atom stereocenters. The standard InChI is InChI=1S/C15H23NO2S/c1-12-9-10-16-14(11-12)6-3-13-4-7-15(8-5-13)19(2,17)18/h4-5,7-8,12,14,16H,3,6,9-11H2,1-2H3. The summed E-state index contributed by atoms with van der Waals surface area (Å²) in [6, 6.07) is 7.90. The number of aryl methyl sites for hydroxylation is 1. The van der Waals surface area contributed by atoms with Crippen molar-refractivity contribution in [1.29, 1.82) is 0 Å². The topological polar surface area (TPSA) is 46.2 Å². The maximum absolute atomic E-state index is 11.4. The number of piperidine rings is 1. The van der Waals surface area contributed by atoms with Crippen LogP contribution in [0.15, 0.2) is 29.2 Å². The third-order valence-corrected chi connectivity index (χ3v) is 5.02. The van der Waals surface area contributed by atoms with Gasteiger partial charge in [-0.2, -0.15) is 0 Å². The highest BCUT2D eigenvalue weighted by molar-refractivity contribution is 7.90. The quantitative estimate of drug-likeness (QED) is 0.922. The van der Waals surface area contributed by atoms with Crippen molar-refractivity contribution < 1.29 is 8.42 Å². The van der Waals surface area contributed by atoms with E-state index in [0.29, 0.717) is 10.9 Å². The van der Waals surface area contributed by atoms with Crippen LogP contribution in [0.2, 0.25) is 0 Å². The molecule has 4 heteroatoms. The maximum atomic E-state index is 11.4. The lowest BCUT2D eigenvalue weighted by atomic mass is 9.91. The number of sulfone groups is 1. The van der Waals surface area contributed by atoms with Crippen LogP contribution in [-0.4, -0.2) is 27.3 Å². The van der Waals surface area contributed by atoms with Gasteiger partial charge in [0.1, 0.15) is 0 Å². The molecule has 1 aromatic carbocycles. The van der Waals surface area contributed by atoms with Crippen LogP contribution >= 0.6 is 0 Å². The molecule has 0 radical (unpaired) electrons. The molecule has 1 aliphatic heterocycles. The summed E-state index contributed by atoms with van der Waals surface area (Å²) >= 11 is 0. The summed E-state index contributed by atoms with van der Waals surface area (Å²) in [5.41, 5.74) is 1.22. The molecule has 106 valence electrons. The normalized spacial score (nSPS) is 24.3. The van der Waals surface area contributed by atoms with Gasteiger partial charge in [-0.25, -0.2) is 8.42 Å². The molecule has 0 aliphatic carbocycles. The van der Waals surface area contributed by atoms with Gasteiger partial charge in [-0.1, -0.05) is 19.1 Å². The Balaban J connectivity index is 1.89. The fourth-order valence-corrected chi connectivity index (χ4v) is 3.32. The van der Waals surface area contributed by atoms with Crippen LogP contribution in [-0.2, 0) is 16.3 Å². The third-order valence-electron chi connectivity index (χ3n) is 3.89. The minimum atomic E-state index is -3.07. The van der Waals surface area contributed by atoms with Crippen LogP contribution < -0.4 is 5.32 Å². The van der Waals surface area contributed by atoms with Crippen molar-refractivity contribution in [1.82, 2.24) is 5.32 Å². The number of hydrogen-bond donors (Lipinski definition) is 1. The van der Waals surface area contributed by atoms with E-state index in [9.17, 15) is 8.42 Å². The van der Waals surface area contributed by atoms with Gasteiger partial charge in [0, 0.05) is 12.3 Å². The summed E-state index contributed by atoms with van der Waals surface area (Å²) in [6.07, 6.45) is 5.91. The van der Waals surface area contributed by atoms with Gasteiger partial charge in [-0.05, 0) is 55.8 Å². The summed E-state index contributed by atoms with van der Waals surface area (Å²) in [5.74, 6) is 0.818. The Labute approximate surface area is 116 Å². The molecule has 1 fully saturated rings. The average molecular weight is 281 g/mol. The zero-order valence-corrected chi connectivity index (χ0v) is 12.5. The summed E-state index contributed by atoms with van der Waals surface area (Å²) in [5, 5.41) is 3.56. The first-order valence-corrected chi connectivity index (χ1v) is 8.86. The fraction of sp³-hybridized carbons (Fsp3) is 0.600. The maximum Gasteiger partial charge on any atom is 0.175 e. The molecule has 1 heterocycles. The molecule has 0 bridgehead atoms. The predicted molar refractivity (Wildman–Crippen MR) is 78.1 cm³/mol. The zero-order valence-electron chi connectivity index (χ0n) is 11.7. The molecule has 0 saturated carbocycles. The van der Waals surface area contributed by atoms with E-state index >= 15 is 0 Å². The monoisotopic (exact) mass is 281 g/mol. The number of hydrogen-bond acceptors (Lipinski definition) is 3. The lowest BCUT2D eigenvalue weighted by molar-refractivity contribution is 0.308. The van der Waals surface area contributed by atoms with Gasteiger partial charge in [-0.3, -0.25) is 0 Å². The van der Waals surface area contributed by atoms with Crippen molar-refractivity contribution in [2.24, 2.45) is 5.92 Å². The van der Waals surface area contributed by atoms with E-state index in [2.05, 4.69) is 12.2 Å². The van der Waals surface area contributed by atoms with E-state index < -0.39 is 9.84 Å². The van der Waals surface area contributed by atoms with Crippen LogP contribution in [0.5, 0.6) is 0 Å². The van der Waals surface area contributed by atoms with Crippen molar-refractivity contribution in [2.45, 2.75) is 43.5 Å². The van der Waals surface area contributed by atoms with Crippen LogP contribution in [0.1, 0.15) is 31.7 Å². The molecule has 0 spiro atoms. The second kappa shape index (κ2) is 6.06. The molecule has 0 amide bonds. The van der Waals surface area contributed by atoms with Crippen molar-refractivity contribution in [3.63, 3.8) is 0 Å². The molecular weight excluding hydrogens is 258 g/mol. The van der Waals surface area contributed by atoms with Gasteiger partial charge in [0.2, 0.25) is 0 Å². The van der Waals surface area contributed by atoms with Crippen molar-refractivity contribution in [2.75, 3.05) is 12.8 Å². The highest BCUT2D eigenvalue weighted by Gasteiger charge is 2.17. The lowest BCUT2D eigenvalue weighted by Crippen LogP contribution is -2.37. The molecule has 2 atom stereocenters. The van der Waals surface area contributed by atoms with Gasteiger partial charge in [0.05, 0.1) is 4.90 Å². The third kappa shape index (κ3) is 4.32. The molecule has 0 aromatic heterocycles. The molecule has 1 saturated heterocycles. The highest BCUT2D eigenvalue weighted by atomic mass is 32.2. The smallest absolute Gasteiger partial charge is 0.175 e. The van der Waals surface area contributed by atoms with Crippen LogP contribution in [0.25, 0.3) is 0 Å². The van der Waals surface area contributed by atoms with Gasteiger partial charge in [0.15, 0.2) is 9.84 Å². The molecule has 2 rings (SSSR count). The van der Waals surface area contributed by atoms with Gasteiger partial charge in [-0.15, -0.1) is 0 Å². The fourth-order valence-electron chi connectivity index (χ4n) is 2.68. The van der Waals surface area contributed by atoms with Crippen molar-refractivity contribution in [3.05, 3.63) is 29.8 Å². The van der Waals surface area contributed by atoms with Crippen LogP contribution in [0.4, 0.5) is 0 Å². The molecule has 1 aliphatic rings. The number of nitrogens with one attached hydrogen (secondary N) is 1. The minimum Gasteiger partial charge on any atom is -0.314 e. The van der Waals surface area contributed by atoms with Crippen molar-refractivity contribution >= 4 is 9.84 Å². The largest absolute Gasteiger partial charge is 0.314 e. The second-order valence-electron chi connectivity index (χ2n) is 5.74. The van der Waals surface area contributed by atoms with E-state index in [1.165, 1.54) is 24.7 Å². The summed E-state index contributed by atoms with van der Waals surface area (Å²) in [6.45, 7) is 3.44. The Hall–Kier alpha value is -0.870. The summed E-state index contributed by atoms with van der Waals surface area (Å²) < 4.78 is 22.8. The Morgan fingerprint density at radius 1 is 1.26 bits per heavy atom. The molecule has 3 nitrogen and oxygen atoms in total. The Kier molecular flexibility index (Phi) is 4.63. The predicted octanol–water partition coefficient (Wildman–Crippen LogP) is 2.41. The number of benzene rings is 1. The minimum absolute atomic E-state index is 0.403. The number of rotatable bonds is 4. The molecular formula is C15H23NO2S. The van der Waals surface area contributed by atoms with E-state index in [4.69, 9.17) is 0 Å².